The van der Waals surface area contributed by atoms with Crippen molar-refractivity contribution in [1.82, 2.24) is 18.9 Å². The third kappa shape index (κ3) is 3.57. The molecule has 0 amide bonds. The summed E-state index contributed by atoms with van der Waals surface area (Å²) in [6, 6.07) is 61.6. The second kappa shape index (κ2) is 10.2. The van der Waals surface area contributed by atoms with E-state index in [0.29, 0.717) is 5.82 Å². The molecular formula is C50H28N4. The minimum absolute atomic E-state index is 0.710. The number of nitrogens with zero attached hydrogens (tertiary/aromatic N) is 4. The molecule has 4 nitrogen and oxygen atoms in total. The highest BCUT2D eigenvalue weighted by molar-refractivity contribution is 6.36. The van der Waals surface area contributed by atoms with E-state index < -0.39 is 0 Å². The Bertz CT molecular complexity index is 3740. The van der Waals surface area contributed by atoms with E-state index in [9.17, 15) is 0 Å². The topological polar surface area (TPSA) is 35.1 Å². The molecule has 13 aromatic rings. The van der Waals surface area contributed by atoms with Crippen molar-refractivity contribution in [1.29, 1.82) is 0 Å². The van der Waals surface area contributed by atoms with Crippen LogP contribution >= 0.6 is 0 Å². The summed E-state index contributed by atoms with van der Waals surface area (Å²) in [5.41, 5.74) is 7.90. The third-order valence-corrected chi connectivity index (χ3v) is 11.8. The molecule has 0 aliphatic heterocycles. The van der Waals surface area contributed by atoms with E-state index in [2.05, 4.69) is 179 Å². The van der Waals surface area contributed by atoms with Crippen molar-refractivity contribution < 1.29 is 0 Å². The molecule has 0 unspecified atom stereocenters. The molecule has 0 radical (unpaired) electrons. The van der Waals surface area contributed by atoms with Gasteiger partial charge < -0.3 is 4.40 Å². The van der Waals surface area contributed by atoms with E-state index in [4.69, 9.17) is 9.97 Å². The normalized spacial score (nSPS) is 12.4. The summed E-state index contributed by atoms with van der Waals surface area (Å²) in [7, 11) is 0. The van der Waals surface area contributed by atoms with Gasteiger partial charge >= 0.3 is 0 Å². The molecule has 9 aromatic carbocycles. The monoisotopic (exact) mass is 684 g/mol. The van der Waals surface area contributed by atoms with Gasteiger partial charge in [-0.25, -0.2) is 9.97 Å². The summed E-state index contributed by atoms with van der Waals surface area (Å²) < 4.78 is 4.91. The lowest BCUT2D eigenvalue weighted by molar-refractivity contribution is 1.08. The van der Waals surface area contributed by atoms with E-state index in [1.54, 1.807) is 0 Å². The summed E-state index contributed by atoms with van der Waals surface area (Å²) >= 11 is 0. The number of hydrogen-bond donors (Lipinski definition) is 0. The van der Waals surface area contributed by atoms with Gasteiger partial charge in [-0.15, -0.1) is 0 Å². The highest BCUT2D eigenvalue weighted by Gasteiger charge is 2.26. The Balaban J connectivity index is 1.23. The summed E-state index contributed by atoms with van der Waals surface area (Å²) in [5, 5.41) is 15.9. The Kier molecular flexibility index (Phi) is 5.34. The van der Waals surface area contributed by atoms with Gasteiger partial charge in [0.25, 0.3) is 0 Å². The van der Waals surface area contributed by atoms with Crippen LogP contribution in [0.5, 0.6) is 0 Å². The first-order valence-electron chi connectivity index (χ1n) is 18.5. The highest BCUT2D eigenvalue weighted by Crippen LogP contribution is 2.48. The van der Waals surface area contributed by atoms with Gasteiger partial charge in [0.05, 0.1) is 33.1 Å². The van der Waals surface area contributed by atoms with Crippen LogP contribution < -0.4 is 0 Å². The highest BCUT2D eigenvalue weighted by atomic mass is 15.1. The Morgan fingerprint density at radius 2 is 0.981 bits per heavy atom. The standard InChI is InChI=1S/C50H28N4/c1-3-13-33-29(11-1)21-22-31-27-32(23-25-34(31)33)49-51-41-18-8-5-16-37(41)50(52-49)54-44-26-24-30-12-2-4-14-35(30)45(44)40-28-39-36-15-6-9-19-42(36)53-43-20-10-7-17-38(43)46(47(39)53)48(40)54/h1-28H. The lowest BCUT2D eigenvalue weighted by Crippen LogP contribution is -2.03. The molecule has 0 saturated carbocycles. The van der Waals surface area contributed by atoms with Crippen LogP contribution in [-0.4, -0.2) is 18.9 Å². The lowest BCUT2D eigenvalue weighted by atomic mass is 10.00. The number of hydrogen-bond acceptors (Lipinski definition) is 2. The molecule has 0 bridgehead atoms. The molecule has 248 valence electrons. The average Bonchev–Trinajstić information content (AvgIpc) is 3.88. The van der Waals surface area contributed by atoms with Crippen molar-refractivity contribution in [3.63, 3.8) is 0 Å². The fourth-order valence-electron chi connectivity index (χ4n) is 9.51. The fraction of sp³-hybridized carbons (Fsp3) is 0. The van der Waals surface area contributed by atoms with Crippen LogP contribution in [0.2, 0.25) is 0 Å². The van der Waals surface area contributed by atoms with E-state index in [1.165, 1.54) is 86.7 Å². The van der Waals surface area contributed by atoms with Gasteiger partial charge in [-0.2, -0.15) is 0 Å². The Labute approximate surface area is 308 Å². The van der Waals surface area contributed by atoms with Gasteiger partial charge in [0.1, 0.15) is 5.82 Å². The van der Waals surface area contributed by atoms with Crippen molar-refractivity contribution in [2.45, 2.75) is 0 Å². The third-order valence-electron chi connectivity index (χ3n) is 11.8. The van der Waals surface area contributed by atoms with Crippen LogP contribution in [0.25, 0.3) is 120 Å². The largest absolute Gasteiger partial charge is 0.308 e. The molecular weight excluding hydrogens is 657 g/mol. The minimum atomic E-state index is 0.710. The van der Waals surface area contributed by atoms with E-state index in [1.807, 2.05) is 0 Å². The van der Waals surface area contributed by atoms with Crippen molar-refractivity contribution in [2.24, 2.45) is 0 Å². The zero-order chi connectivity index (χ0) is 35.1. The predicted octanol–water partition coefficient (Wildman–Crippen LogP) is 13.0. The van der Waals surface area contributed by atoms with Crippen LogP contribution in [-0.2, 0) is 0 Å². The fourth-order valence-corrected chi connectivity index (χ4v) is 9.51. The first-order chi connectivity index (χ1) is 26.8. The van der Waals surface area contributed by atoms with Crippen molar-refractivity contribution in [3.8, 4) is 17.2 Å². The maximum absolute atomic E-state index is 5.58. The van der Waals surface area contributed by atoms with E-state index in [-0.39, 0.29) is 0 Å². The number of aromatic nitrogens is 4. The van der Waals surface area contributed by atoms with Crippen LogP contribution in [0.4, 0.5) is 0 Å². The number of benzene rings is 9. The van der Waals surface area contributed by atoms with Gasteiger partial charge in [0.2, 0.25) is 0 Å². The quantitative estimate of drug-likeness (QED) is 0.170. The summed E-state index contributed by atoms with van der Waals surface area (Å²) in [5.74, 6) is 1.59. The summed E-state index contributed by atoms with van der Waals surface area (Å²) in [4.78, 5) is 10.8. The molecule has 13 rings (SSSR count). The zero-order valence-electron chi connectivity index (χ0n) is 29.0. The molecule has 0 saturated heterocycles. The number of rotatable bonds is 2. The smallest absolute Gasteiger partial charge is 0.162 e. The first-order valence-corrected chi connectivity index (χ1v) is 18.5. The van der Waals surface area contributed by atoms with Crippen molar-refractivity contribution in [2.75, 3.05) is 0 Å². The first kappa shape index (κ1) is 28.3. The van der Waals surface area contributed by atoms with Crippen molar-refractivity contribution >= 4 is 103 Å². The molecule has 0 atom stereocenters. The Morgan fingerprint density at radius 1 is 0.352 bits per heavy atom. The number of para-hydroxylation sites is 3. The summed E-state index contributed by atoms with van der Waals surface area (Å²) in [6.45, 7) is 0. The van der Waals surface area contributed by atoms with Gasteiger partial charge in [-0.05, 0) is 74.8 Å². The maximum Gasteiger partial charge on any atom is 0.162 e. The Morgan fingerprint density at radius 3 is 1.83 bits per heavy atom. The molecule has 4 aromatic heterocycles. The van der Waals surface area contributed by atoms with Crippen LogP contribution in [0.3, 0.4) is 0 Å². The number of fused-ring (bicyclic) bond motifs is 16. The average molecular weight is 685 g/mol. The van der Waals surface area contributed by atoms with Crippen molar-refractivity contribution in [3.05, 3.63) is 170 Å². The predicted molar refractivity (Wildman–Crippen MR) is 226 cm³/mol. The van der Waals surface area contributed by atoms with Gasteiger partial charge in [-0.1, -0.05) is 127 Å². The molecule has 0 aliphatic rings. The summed E-state index contributed by atoms with van der Waals surface area (Å²) in [6.07, 6.45) is 0. The van der Waals surface area contributed by atoms with Gasteiger partial charge in [-0.3, -0.25) is 4.57 Å². The van der Waals surface area contributed by atoms with E-state index in [0.717, 1.165) is 27.8 Å². The second-order valence-electron chi connectivity index (χ2n) is 14.5. The van der Waals surface area contributed by atoms with Crippen LogP contribution in [0.15, 0.2) is 170 Å². The van der Waals surface area contributed by atoms with Gasteiger partial charge in [0, 0.05) is 43.3 Å². The molecule has 0 fully saturated rings. The SMILES string of the molecule is c1ccc2c(c1)ccc1cc(-c3nc(-n4c5ccc6ccccc6c5c5cc6c7ccccc7n7c8ccccc8c(c54)c67)c4ccccc4n3)ccc12. The van der Waals surface area contributed by atoms with Crippen LogP contribution in [0.1, 0.15) is 0 Å². The maximum atomic E-state index is 5.58. The molecule has 0 N–H and O–H groups in total. The molecule has 0 spiro atoms. The minimum Gasteiger partial charge on any atom is -0.308 e. The lowest BCUT2D eigenvalue weighted by Gasteiger charge is -2.14. The van der Waals surface area contributed by atoms with E-state index >= 15 is 0 Å². The molecule has 4 heteroatoms. The molecule has 4 heterocycles. The zero-order valence-corrected chi connectivity index (χ0v) is 29.0. The second-order valence-corrected chi connectivity index (χ2v) is 14.5. The molecule has 54 heavy (non-hydrogen) atoms. The van der Waals surface area contributed by atoms with Gasteiger partial charge in [0.15, 0.2) is 5.82 Å². The Hall–Kier alpha value is -7.30. The van der Waals surface area contributed by atoms with Crippen LogP contribution in [0, 0.1) is 0 Å². The molecule has 0 aliphatic carbocycles.